The van der Waals surface area contributed by atoms with Crippen LogP contribution in [0.2, 0.25) is 0 Å². The van der Waals surface area contributed by atoms with Crippen LogP contribution in [0.1, 0.15) is 78.1 Å². The molecule has 2 rings (SSSR count). The number of aryl methyl sites for hydroxylation is 1. The Morgan fingerprint density at radius 3 is 1.61 bits per heavy atom. The maximum Gasteiger partial charge on any atom is 2.00 e. The second-order valence-corrected chi connectivity index (χ2v) is 15.4. The molecule has 1 heterocycles. The molecule has 0 fully saturated rings. The third kappa shape index (κ3) is 16.3. The van der Waals surface area contributed by atoms with Gasteiger partial charge >= 0.3 is 25.0 Å². The molecule has 0 bridgehead atoms. The predicted octanol–water partition coefficient (Wildman–Crippen LogP) is 4.83. The van der Waals surface area contributed by atoms with E-state index in [0.29, 0.717) is 16.2 Å². The summed E-state index contributed by atoms with van der Waals surface area (Å²) in [6, 6.07) is 14.9. The van der Waals surface area contributed by atoms with Crippen molar-refractivity contribution < 1.29 is 58.0 Å². The Bertz CT molecular complexity index is 947. The maximum atomic E-state index is 10.7. The molecule has 0 spiro atoms. The number of hydrogen-bond donors (Lipinski definition) is 0. The molecule has 208 valence electrons. The van der Waals surface area contributed by atoms with Crippen molar-refractivity contribution in [3.05, 3.63) is 65.5 Å². The molecule has 0 radical (unpaired) electrons. The van der Waals surface area contributed by atoms with Crippen molar-refractivity contribution in [3.63, 3.8) is 0 Å². The molecule has 0 aliphatic rings. The van der Waals surface area contributed by atoms with Crippen molar-refractivity contribution in [2.75, 3.05) is 0 Å². The van der Waals surface area contributed by atoms with Crippen LogP contribution < -0.4 is 12.4 Å². The zero-order valence-corrected chi connectivity index (χ0v) is 26.5. The van der Waals surface area contributed by atoms with E-state index in [0.717, 1.165) is 6.16 Å². The molecule has 0 N–H and O–H groups in total. The summed E-state index contributed by atoms with van der Waals surface area (Å²) >= 11 is 0. The van der Waals surface area contributed by atoms with Gasteiger partial charge in [-0.3, -0.25) is 4.98 Å². The molecule has 2 aromatic rings. The number of hydrogen-bond acceptors (Lipinski definition) is 4. The van der Waals surface area contributed by atoms with Gasteiger partial charge in [0.15, 0.2) is 10.1 Å². The van der Waals surface area contributed by atoms with Gasteiger partial charge in [-0.25, -0.2) is 8.42 Å². The zero-order valence-electron chi connectivity index (χ0n) is 22.3. The molecule has 36 heavy (non-hydrogen) atoms. The van der Waals surface area contributed by atoms with Crippen LogP contribution in [0, 0.1) is 6.92 Å². The van der Waals surface area contributed by atoms with Gasteiger partial charge in [0.25, 0.3) is 0 Å². The zero-order chi connectivity index (χ0) is 27.0. The molecular weight excluding hydrogens is 619 g/mol. The molecule has 11 heteroatoms. The van der Waals surface area contributed by atoms with E-state index < -0.39 is 15.6 Å². The van der Waals surface area contributed by atoms with Gasteiger partial charge in [-0.2, -0.15) is 13.2 Å². The first-order valence-corrected chi connectivity index (χ1v) is 13.9. The fourth-order valence-electron chi connectivity index (χ4n) is 3.09. The van der Waals surface area contributed by atoms with Crippen molar-refractivity contribution in [1.82, 2.24) is 4.98 Å². The van der Waals surface area contributed by atoms with Gasteiger partial charge in [0.1, 0.15) is 0 Å². The summed E-state index contributed by atoms with van der Waals surface area (Å²) in [6.45, 7) is 20.7. The van der Waals surface area contributed by atoms with Crippen molar-refractivity contribution in [1.29, 1.82) is 0 Å². The van der Waals surface area contributed by atoms with Crippen molar-refractivity contribution in [2.24, 2.45) is 0 Å². The molecule has 0 amide bonds. The quantitative estimate of drug-likeness (QED) is 0.206. The van der Waals surface area contributed by atoms with Crippen LogP contribution in [0.25, 0.3) is 0 Å². The van der Waals surface area contributed by atoms with Gasteiger partial charge in [-0.1, -0.05) is 99.2 Å². The molecule has 0 unspecified atom stereocenters. The fraction of sp³-hybridized carbons (Fsp3) is 0.560. The molecule has 1 aromatic carbocycles. The number of aromatic nitrogens is 1. The molecule has 4 nitrogen and oxygen atoms in total. The molecule has 1 aromatic heterocycles. The largest absolute Gasteiger partial charge is 2.00 e. The fourth-order valence-corrected chi connectivity index (χ4v) is 6.56. The molecule has 0 aliphatic heterocycles. The van der Waals surface area contributed by atoms with Crippen LogP contribution in [-0.2, 0) is 35.8 Å². The van der Waals surface area contributed by atoms with Gasteiger partial charge in [0.05, 0.1) is 0 Å². The van der Waals surface area contributed by atoms with Crippen LogP contribution >= 0.6 is 7.92 Å². The van der Waals surface area contributed by atoms with Crippen molar-refractivity contribution in [2.45, 2.75) is 90.2 Å². The van der Waals surface area contributed by atoms with Crippen LogP contribution in [0.3, 0.4) is 0 Å². The Morgan fingerprint density at radius 2 is 1.33 bits per heavy atom. The van der Waals surface area contributed by atoms with Gasteiger partial charge < -0.3 is 17.0 Å². The molecule has 0 atom stereocenters. The van der Waals surface area contributed by atoms with Crippen LogP contribution in [0.5, 0.6) is 0 Å². The van der Waals surface area contributed by atoms with Crippen molar-refractivity contribution in [3.8, 4) is 0 Å². The van der Waals surface area contributed by atoms with E-state index in [-0.39, 0.29) is 39.8 Å². The Hall–Kier alpha value is -0.587. The summed E-state index contributed by atoms with van der Waals surface area (Å²) in [7, 11) is -6.17. The van der Waals surface area contributed by atoms with Gasteiger partial charge in [-0.15, -0.1) is 0 Å². The Balaban J connectivity index is -0.000000473. The number of nitrogens with zero attached hydrogens (tertiary/aromatic N) is 1. The second-order valence-electron chi connectivity index (χ2n) is 10.2. The molecular formula is C25H38ClF3NO3PRuS. The average molecular weight is 657 g/mol. The monoisotopic (exact) mass is 657 g/mol. The standard InChI is InChI=1S/C14H24NP.C10H14.CHF3O3S.ClH.Ru/c1-13(2,3)16(14(4,5)6)11-12-9-7-8-10-15-12;1-8(2)10-6-4-9(3)5-7-10;2-1(3,4)8(5,6)7;;/h7-10H,11H2,1-6H3;4-8H,1-3H3;(H,5,6,7);1H;/q;;;;+2/p-2. The number of pyridine rings is 1. The SMILES string of the molecule is CC(C)(C)P(Cc1ccccn1)C(C)(C)C.Cc1ccc(C(C)C)cc1.O=S(=O)([O-])C(F)(F)F.[Cl-].[Ru+2]. The first kappa shape index (κ1) is 39.9. The summed E-state index contributed by atoms with van der Waals surface area (Å²) in [5.41, 5.74) is -1.65. The predicted molar refractivity (Wildman–Crippen MR) is 135 cm³/mol. The first-order chi connectivity index (χ1) is 15.2. The molecule has 0 saturated heterocycles. The third-order valence-electron chi connectivity index (χ3n) is 4.69. The van der Waals surface area contributed by atoms with E-state index in [1.165, 1.54) is 16.8 Å². The Labute approximate surface area is 235 Å². The third-order valence-corrected chi connectivity index (χ3v) is 9.14. The number of benzene rings is 1. The van der Waals surface area contributed by atoms with E-state index in [4.69, 9.17) is 13.0 Å². The smallest absolute Gasteiger partial charge is 1.00 e. The summed E-state index contributed by atoms with van der Waals surface area (Å²) in [5.74, 6) is 0.653. The minimum absolute atomic E-state index is 0. The normalized spacial score (nSPS) is 11.9. The maximum absolute atomic E-state index is 10.7. The Kier molecular flexibility index (Phi) is 18.2. The summed E-state index contributed by atoms with van der Waals surface area (Å²) < 4.78 is 58.9. The number of rotatable bonds is 3. The topological polar surface area (TPSA) is 70.1 Å². The first-order valence-electron chi connectivity index (χ1n) is 10.9. The van der Waals surface area contributed by atoms with Gasteiger partial charge in [0, 0.05) is 18.1 Å². The van der Waals surface area contributed by atoms with E-state index >= 15 is 0 Å². The summed E-state index contributed by atoms with van der Waals surface area (Å²) in [4.78, 5) is 4.46. The van der Waals surface area contributed by atoms with E-state index in [2.05, 4.69) is 104 Å². The van der Waals surface area contributed by atoms with Crippen LogP contribution in [0.4, 0.5) is 13.2 Å². The summed E-state index contributed by atoms with van der Waals surface area (Å²) in [5, 5.41) is 0.760. The summed E-state index contributed by atoms with van der Waals surface area (Å²) in [6.07, 6.45) is 3.03. The van der Waals surface area contributed by atoms with E-state index in [1.807, 2.05) is 12.3 Å². The number of halogens is 4. The van der Waals surface area contributed by atoms with Crippen molar-refractivity contribution >= 4 is 18.0 Å². The molecule has 0 saturated carbocycles. The van der Waals surface area contributed by atoms with Gasteiger partial charge in [-0.05, 0) is 40.8 Å². The van der Waals surface area contributed by atoms with E-state index in [9.17, 15) is 13.2 Å². The van der Waals surface area contributed by atoms with Crippen LogP contribution in [0.15, 0.2) is 48.7 Å². The Morgan fingerprint density at radius 1 is 0.917 bits per heavy atom. The van der Waals surface area contributed by atoms with Gasteiger partial charge in [0.2, 0.25) is 0 Å². The van der Waals surface area contributed by atoms with Crippen LogP contribution in [-0.4, -0.2) is 33.8 Å². The number of alkyl halides is 3. The minimum Gasteiger partial charge on any atom is -1.00 e. The molecule has 0 aliphatic carbocycles. The minimum atomic E-state index is -6.09. The second kappa shape index (κ2) is 16.4. The average Bonchev–Trinajstić information content (AvgIpc) is 2.65. The van der Waals surface area contributed by atoms with E-state index in [1.54, 1.807) is 0 Å².